The van der Waals surface area contributed by atoms with Crippen molar-refractivity contribution in [2.75, 3.05) is 11.7 Å². The summed E-state index contributed by atoms with van der Waals surface area (Å²) < 4.78 is 33.8. The molecule has 194 valence electrons. The van der Waals surface area contributed by atoms with Gasteiger partial charge in [0.25, 0.3) is 11.8 Å². The number of pyridine rings is 2. The van der Waals surface area contributed by atoms with Gasteiger partial charge in [-0.2, -0.15) is 0 Å². The van der Waals surface area contributed by atoms with Gasteiger partial charge in [-0.3, -0.25) is 29.1 Å². The number of carbonyl (C=O) groups excluding carboxylic acids is 2. The molecule has 2 amide bonds. The highest BCUT2D eigenvalue weighted by atomic mass is 19.1. The molecule has 0 radical (unpaired) electrons. The Morgan fingerprint density at radius 2 is 1.95 bits per heavy atom. The fourth-order valence-electron chi connectivity index (χ4n) is 4.11. The molecule has 1 aliphatic heterocycles. The van der Waals surface area contributed by atoms with E-state index in [0.717, 1.165) is 12.3 Å². The van der Waals surface area contributed by atoms with E-state index in [1.807, 2.05) is 0 Å². The lowest BCUT2D eigenvalue weighted by atomic mass is 10.1. The molecule has 0 saturated carbocycles. The van der Waals surface area contributed by atoms with E-state index in [1.54, 1.807) is 41.5 Å². The van der Waals surface area contributed by atoms with Crippen LogP contribution in [-0.4, -0.2) is 38.1 Å². The van der Waals surface area contributed by atoms with Crippen molar-refractivity contribution in [2.24, 2.45) is 0 Å². The lowest BCUT2D eigenvalue weighted by Gasteiger charge is -2.39. The van der Waals surface area contributed by atoms with E-state index >= 15 is 0 Å². The Hall–Kier alpha value is -5.00. The standard InChI is InChI=1S/C26H21F2N5O5/c27-17-7-6-16(21(28)10-17)11-30-25(36)20-14-33-22(24(35)23(20)34)26(37)31(13-19-5-3-9-38-19)15-32(33)12-18-4-1-2-8-29-18/h1-10,14,35H,11-13,15H2,(H,30,36). The Kier molecular flexibility index (Phi) is 6.60. The van der Waals surface area contributed by atoms with Crippen LogP contribution in [0, 0.1) is 11.6 Å². The number of furan rings is 1. The molecule has 4 aromatic rings. The van der Waals surface area contributed by atoms with Gasteiger partial charge in [0, 0.05) is 30.6 Å². The zero-order valence-corrected chi connectivity index (χ0v) is 19.8. The van der Waals surface area contributed by atoms with Gasteiger partial charge in [-0.05, 0) is 30.3 Å². The number of carbonyl (C=O) groups is 2. The van der Waals surface area contributed by atoms with Gasteiger partial charge < -0.3 is 19.7 Å². The molecule has 0 aliphatic carbocycles. The number of nitrogens with zero attached hydrogens (tertiary/aromatic N) is 4. The minimum absolute atomic E-state index is 0.00237. The fourth-order valence-corrected chi connectivity index (χ4v) is 4.11. The smallest absolute Gasteiger partial charge is 0.278 e. The van der Waals surface area contributed by atoms with E-state index in [0.29, 0.717) is 17.5 Å². The third kappa shape index (κ3) is 4.83. The van der Waals surface area contributed by atoms with Crippen molar-refractivity contribution in [2.45, 2.75) is 19.6 Å². The molecule has 1 aromatic carbocycles. The summed E-state index contributed by atoms with van der Waals surface area (Å²) in [6.07, 6.45) is 4.22. The Morgan fingerprint density at radius 3 is 2.66 bits per heavy atom. The lowest BCUT2D eigenvalue weighted by Crippen LogP contribution is -2.53. The van der Waals surface area contributed by atoms with Crippen molar-refractivity contribution < 1.29 is 27.9 Å². The third-order valence-electron chi connectivity index (χ3n) is 5.99. The first kappa shape index (κ1) is 24.7. The van der Waals surface area contributed by atoms with E-state index in [9.17, 15) is 28.3 Å². The Balaban J connectivity index is 1.50. The maximum absolute atomic E-state index is 14.0. The van der Waals surface area contributed by atoms with Gasteiger partial charge >= 0.3 is 0 Å². The predicted octanol–water partition coefficient (Wildman–Crippen LogP) is 2.50. The Bertz CT molecular complexity index is 1560. The van der Waals surface area contributed by atoms with Crippen molar-refractivity contribution in [1.29, 1.82) is 0 Å². The highest BCUT2D eigenvalue weighted by molar-refractivity contribution is 5.99. The van der Waals surface area contributed by atoms with E-state index in [1.165, 1.54) is 21.9 Å². The molecule has 38 heavy (non-hydrogen) atoms. The second-order valence-corrected chi connectivity index (χ2v) is 8.54. The zero-order chi connectivity index (χ0) is 26.8. The number of aromatic nitrogens is 2. The number of amides is 2. The summed E-state index contributed by atoms with van der Waals surface area (Å²) in [6, 6.07) is 11.5. The first-order valence-electron chi connectivity index (χ1n) is 11.5. The normalized spacial score (nSPS) is 12.9. The molecule has 0 spiro atoms. The second-order valence-electron chi connectivity index (χ2n) is 8.54. The van der Waals surface area contributed by atoms with Gasteiger partial charge in [0.05, 0.1) is 25.0 Å². The molecule has 4 heterocycles. The number of fused-ring (bicyclic) bond motifs is 1. The number of halogens is 2. The highest BCUT2D eigenvalue weighted by Gasteiger charge is 2.35. The van der Waals surface area contributed by atoms with Crippen molar-refractivity contribution in [3.8, 4) is 5.75 Å². The van der Waals surface area contributed by atoms with Crippen LogP contribution in [0.1, 0.15) is 37.9 Å². The average molecular weight is 521 g/mol. The summed E-state index contributed by atoms with van der Waals surface area (Å²) in [5, 5.41) is 14.8. The Morgan fingerprint density at radius 1 is 1.11 bits per heavy atom. The number of hydrogen-bond donors (Lipinski definition) is 2. The van der Waals surface area contributed by atoms with Gasteiger partial charge in [0.15, 0.2) is 11.4 Å². The molecule has 1 aliphatic rings. The van der Waals surface area contributed by atoms with Crippen LogP contribution in [0.5, 0.6) is 5.75 Å². The topological polar surface area (TPSA) is 121 Å². The van der Waals surface area contributed by atoms with Crippen molar-refractivity contribution in [3.63, 3.8) is 0 Å². The minimum Gasteiger partial charge on any atom is -0.502 e. The van der Waals surface area contributed by atoms with Crippen LogP contribution in [0.25, 0.3) is 0 Å². The quantitative estimate of drug-likeness (QED) is 0.383. The summed E-state index contributed by atoms with van der Waals surface area (Å²) >= 11 is 0. The first-order chi connectivity index (χ1) is 18.3. The van der Waals surface area contributed by atoms with Crippen LogP contribution in [-0.2, 0) is 19.6 Å². The minimum atomic E-state index is -1.07. The molecule has 12 heteroatoms. The van der Waals surface area contributed by atoms with Gasteiger partial charge in [-0.15, -0.1) is 0 Å². The summed E-state index contributed by atoms with van der Waals surface area (Å²) in [4.78, 5) is 44.9. The van der Waals surface area contributed by atoms with Crippen LogP contribution in [0.15, 0.2) is 76.4 Å². The fraction of sp³-hybridized carbons (Fsp3) is 0.154. The molecule has 10 nitrogen and oxygen atoms in total. The number of nitrogens with one attached hydrogen (secondary N) is 1. The first-order valence-corrected chi connectivity index (χ1v) is 11.5. The van der Waals surface area contributed by atoms with E-state index in [4.69, 9.17) is 4.42 Å². The molecule has 0 unspecified atom stereocenters. The molecule has 0 bridgehead atoms. The number of hydrogen-bond acceptors (Lipinski definition) is 7. The third-order valence-corrected chi connectivity index (χ3v) is 5.99. The molecule has 0 fully saturated rings. The van der Waals surface area contributed by atoms with Crippen molar-refractivity contribution >= 4 is 11.8 Å². The maximum Gasteiger partial charge on any atom is 0.278 e. The molecule has 2 N–H and O–H groups in total. The largest absolute Gasteiger partial charge is 0.502 e. The van der Waals surface area contributed by atoms with Crippen molar-refractivity contribution in [1.82, 2.24) is 19.9 Å². The summed E-state index contributed by atoms with van der Waals surface area (Å²) in [5.41, 5.74) is -1.24. The lowest BCUT2D eigenvalue weighted by molar-refractivity contribution is 0.0655. The van der Waals surface area contributed by atoms with Crippen molar-refractivity contribution in [3.05, 3.63) is 117 Å². The number of aromatic hydroxyl groups is 1. The van der Waals surface area contributed by atoms with E-state index in [-0.39, 0.29) is 37.6 Å². The average Bonchev–Trinajstić information content (AvgIpc) is 3.41. The molecule has 5 rings (SSSR count). The summed E-state index contributed by atoms with van der Waals surface area (Å²) in [7, 11) is 0. The maximum atomic E-state index is 14.0. The summed E-state index contributed by atoms with van der Waals surface area (Å²) in [5.74, 6) is -3.60. The second kappa shape index (κ2) is 10.2. The van der Waals surface area contributed by atoms with E-state index in [2.05, 4.69) is 10.3 Å². The number of benzene rings is 1. The van der Waals surface area contributed by atoms with Gasteiger partial charge in [0.2, 0.25) is 5.43 Å². The van der Waals surface area contributed by atoms with Gasteiger partial charge in [0.1, 0.15) is 29.6 Å². The summed E-state index contributed by atoms with van der Waals surface area (Å²) in [6.45, 7) is -0.0722. The highest BCUT2D eigenvalue weighted by Crippen LogP contribution is 2.24. The SMILES string of the molecule is O=C(NCc1ccc(F)cc1F)c1cn2c(c(O)c1=O)C(=O)N(Cc1ccco1)CN2Cc1ccccn1. The number of rotatable bonds is 7. The Labute approximate surface area is 214 Å². The molecular formula is C26H21F2N5O5. The van der Waals surface area contributed by atoms with Crippen LogP contribution < -0.4 is 15.8 Å². The molecule has 3 aromatic heterocycles. The van der Waals surface area contributed by atoms with Crippen LogP contribution in [0.3, 0.4) is 0 Å². The molecular weight excluding hydrogens is 500 g/mol. The van der Waals surface area contributed by atoms with Gasteiger partial charge in [-0.1, -0.05) is 12.1 Å². The molecule has 0 atom stereocenters. The zero-order valence-electron chi connectivity index (χ0n) is 19.8. The van der Waals surface area contributed by atoms with Crippen LogP contribution in [0.2, 0.25) is 0 Å². The monoisotopic (exact) mass is 521 g/mol. The van der Waals surface area contributed by atoms with Gasteiger partial charge in [-0.25, -0.2) is 8.78 Å². The van der Waals surface area contributed by atoms with Crippen LogP contribution in [0.4, 0.5) is 8.78 Å². The van der Waals surface area contributed by atoms with Crippen LogP contribution >= 0.6 is 0 Å². The predicted molar refractivity (Wildman–Crippen MR) is 130 cm³/mol. The van der Waals surface area contributed by atoms with E-state index < -0.39 is 40.2 Å². The molecule has 0 saturated heterocycles.